The van der Waals surface area contributed by atoms with Gasteiger partial charge in [0, 0.05) is 0 Å². The molecule has 33 heavy (non-hydrogen) atoms. The Morgan fingerprint density at radius 3 is 2.88 bits per heavy atom. The van der Waals surface area contributed by atoms with Crippen LogP contribution in [-0.2, 0) is 6.61 Å². The van der Waals surface area contributed by atoms with E-state index >= 15 is 0 Å². The summed E-state index contributed by atoms with van der Waals surface area (Å²) in [5, 5.41) is 23.0. The third-order valence-electron chi connectivity index (χ3n) is 4.51. The standard InChI is InChI=1S/C21H16ClN5O5S/c1-30-13-6-8-15(17(10-13)27(28)29)18-9-7-14(32-18)11-23-26-20(24-25-21(26)33)12-31-19-5-3-2-4-16(19)22/h2-11H,12H2,1H3,(H,25,33)/b23-11+. The molecule has 4 rings (SSSR count). The van der Waals surface area contributed by atoms with Gasteiger partial charge in [0.15, 0.2) is 5.82 Å². The Kier molecular flexibility index (Phi) is 6.52. The molecule has 4 aromatic rings. The lowest BCUT2D eigenvalue weighted by Gasteiger charge is -2.06. The van der Waals surface area contributed by atoms with Crippen LogP contribution >= 0.6 is 23.8 Å². The van der Waals surface area contributed by atoms with Gasteiger partial charge in [0.25, 0.3) is 5.69 Å². The van der Waals surface area contributed by atoms with Gasteiger partial charge in [-0.1, -0.05) is 23.7 Å². The third-order valence-corrected chi connectivity index (χ3v) is 5.08. The van der Waals surface area contributed by atoms with Crippen molar-refractivity contribution in [1.82, 2.24) is 14.9 Å². The molecule has 0 aliphatic rings. The van der Waals surface area contributed by atoms with Gasteiger partial charge in [0.2, 0.25) is 4.77 Å². The molecule has 0 saturated heterocycles. The van der Waals surface area contributed by atoms with Gasteiger partial charge in [-0.25, -0.2) is 5.10 Å². The van der Waals surface area contributed by atoms with E-state index in [1.807, 2.05) is 0 Å². The molecule has 0 unspecified atom stereocenters. The lowest BCUT2D eigenvalue weighted by atomic mass is 10.1. The van der Waals surface area contributed by atoms with E-state index < -0.39 is 4.92 Å². The Morgan fingerprint density at radius 2 is 2.12 bits per heavy atom. The van der Waals surface area contributed by atoms with Crippen molar-refractivity contribution in [2.45, 2.75) is 6.61 Å². The molecular weight excluding hydrogens is 470 g/mol. The number of methoxy groups -OCH3 is 1. The largest absolute Gasteiger partial charge is 0.497 e. The lowest BCUT2D eigenvalue weighted by molar-refractivity contribution is -0.384. The van der Waals surface area contributed by atoms with Crippen LogP contribution in [0.2, 0.25) is 5.02 Å². The summed E-state index contributed by atoms with van der Waals surface area (Å²) < 4.78 is 18.1. The van der Waals surface area contributed by atoms with Crippen molar-refractivity contribution in [3.8, 4) is 22.8 Å². The third kappa shape index (κ3) is 4.94. The summed E-state index contributed by atoms with van der Waals surface area (Å²) in [6.07, 6.45) is 1.42. The van der Waals surface area contributed by atoms with E-state index in [0.29, 0.717) is 39.4 Å². The summed E-state index contributed by atoms with van der Waals surface area (Å²) in [7, 11) is 1.44. The molecule has 0 radical (unpaired) electrons. The molecule has 0 bridgehead atoms. The second-order valence-corrected chi connectivity index (χ2v) is 7.36. The number of nitrogens with zero attached hydrogens (tertiary/aromatic N) is 4. The Balaban J connectivity index is 1.55. The van der Waals surface area contributed by atoms with Crippen LogP contribution in [0.5, 0.6) is 11.5 Å². The number of hydrogen-bond acceptors (Lipinski definition) is 8. The summed E-state index contributed by atoms with van der Waals surface area (Å²) in [5.41, 5.74) is 0.178. The van der Waals surface area contributed by atoms with Crippen LogP contribution in [0.15, 0.2) is 64.1 Å². The molecule has 12 heteroatoms. The van der Waals surface area contributed by atoms with Gasteiger partial charge in [-0.15, -0.1) is 0 Å². The van der Waals surface area contributed by atoms with E-state index in [4.69, 9.17) is 37.7 Å². The fraction of sp³-hybridized carbons (Fsp3) is 0.0952. The highest BCUT2D eigenvalue weighted by molar-refractivity contribution is 7.71. The van der Waals surface area contributed by atoms with Crippen LogP contribution in [-0.4, -0.2) is 33.1 Å². The average Bonchev–Trinajstić information content (AvgIpc) is 3.43. The highest BCUT2D eigenvalue weighted by Gasteiger charge is 2.19. The van der Waals surface area contributed by atoms with Gasteiger partial charge < -0.3 is 13.9 Å². The number of furan rings is 1. The number of benzene rings is 2. The van der Waals surface area contributed by atoms with Crippen molar-refractivity contribution in [3.05, 3.63) is 86.1 Å². The van der Waals surface area contributed by atoms with E-state index in [1.54, 1.807) is 48.5 Å². The summed E-state index contributed by atoms with van der Waals surface area (Å²) in [6.45, 7) is 0.0651. The van der Waals surface area contributed by atoms with Gasteiger partial charge in [0.1, 0.15) is 29.6 Å². The van der Waals surface area contributed by atoms with Crippen molar-refractivity contribution >= 4 is 35.7 Å². The van der Waals surface area contributed by atoms with Crippen molar-refractivity contribution in [2.75, 3.05) is 7.11 Å². The minimum atomic E-state index is -0.496. The van der Waals surface area contributed by atoms with E-state index in [0.717, 1.165) is 0 Å². The Hall–Kier alpha value is -3.96. The zero-order valence-corrected chi connectivity index (χ0v) is 18.7. The first-order chi connectivity index (χ1) is 16.0. The first-order valence-corrected chi connectivity index (χ1v) is 10.3. The second kappa shape index (κ2) is 9.67. The van der Waals surface area contributed by atoms with Crippen LogP contribution < -0.4 is 9.47 Å². The molecule has 1 N–H and O–H groups in total. The topological polar surface area (TPSA) is 121 Å². The van der Waals surface area contributed by atoms with Gasteiger partial charge >= 0.3 is 0 Å². The summed E-state index contributed by atoms with van der Waals surface area (Å²) in [5.74, 6) is 1.95. The van der Waals surface area contributed by atoms with Gasteiger partial charge in [-0.2, -0.15) is 14.9 Å². The van der Waals surface area contributed by atoms with Crippen LogP contribution in [0, 0.1) is 14.9 Å². The number of rotatable bonds is 8. The van der Waals surface area contributed by atoms with Crippen molar-refractivity contribution in [1.29, 1.82) is 0 Å². The minimum Gasteiger partial charge on any atom is -0.497 e. The molecule has 2 aromatic carbocycles. The molecule has 0 aliphatic heterocycles. The number of aromatic amines is 1. The monoisotopic (exact) mass is 485 g/mol. The molecule has 0 aliphatic carbocycles. The number of hydrogen-bond donors (Lipinski definition) is 1. The minimum absolute atomic E-state index is 0.0651. The number of ether oxygens (including phenoxy) is 2. The van der Waals surface area contributed by atoms with Gasteiger partial charge in [-0.3, -0.25) is 10.1 Å². The zero-order valence-electron chi connectivity index (χ0n) is 17.1. The van der Waals surface area contributed by atoms with E-state index in [2.05, 4.69) is 15.3 Å². The van der Waals surface area contributed by atoms with Crippen LogP contribution in [0.3, 0.4) is 0 Å². The molecule has 0 atom stereocenters. The number of H-pyrrole nitrogens is 1. The summed E-state index contributed by atoms with van der Waals surface area (Å²) in [4.78, 5) is 11.0. The highest BCUT2D eigenvalue weighted by Crippen LogP contribution is 2.34. The fourth-order valence-corrected chi connectivity index (χ4v) is 3.31. The first kappa shape index (κ1) is 22.2. The maximum absolute atomic E-state index is 11.4. The number of aromatic nitrogens is 3. The molecule has 2 aromatic heterocycles. The number of nitrogens with one attached hydrogen (secondary N) is 1. The van der Waals surface area contributed by atoms with Crippen LogP contribution in [0.1, 0.15) is 11.6 Å². The Labute approximate surface area is 197 Å². The number of halogens is 1. The van der Waals surface area contributed by atoms with Crippen molar-refractivity contribution in [2.24, 2.45) is 5.10 Å². The molecule has 0 fully saturated rings. The highest BCUT2D eigenvalue weighted by atomic mass is 35.5. The maximum atomic E-state index is 11.4. The second-order valence-electron chi connectivity index (χ2n) is 6.56. The number of nitro benzene ring substituents is 1. The SMILES string of the molecule is COc1ccc(-c2ccc(/C=N/n3c(COc4ccccc4Cl)n[nH]c3=S)o2)c([N+](=O)[O-])c1. The van der Waals surface area contributed by atoms with Crippen LogP contribution in [0.25, 0.3) is 11.3 Å². The van der Waals surface area contributed by atoms with Gasteiger partial charge in [-0.05, 0) is 48.6 Å². The van der Waals surface area contributed by atoms with Crippen molar-refractivity contribution < 1.29 is 18.8 Å². The maximum Gasteiger partial charge on any atom is 0.284 e. The Bertz CT molecular complexity index is 1390. The van der Waals surface area contributed by atoms with Crippen molar-refractivity contribution in [3.63, 3.8) is 0 Å². The normalized spacial score (nSPS) is 11.1. The number of para-hydroxylation sites is 1. The van der Waals surface area contributed by atoms with E-state index in [9.17, 15) is 10.1 Å². The summed E-state index contributed by atoms with van der Waals surface area (Å²) >= 11 is 11.3. The quantitative estimate of drug-likeness (QED) is 0.157. The first-order valence-electron chi connectivity index (χ1n) is 9.47. The number of nitro groups is 1. The fourth-order valence-electron chi connectivity index (χ4n) is 2.92. The molecule has 0 spiro atoms. The molecular formula is C21H16ClN5O5S. The Morgan fingerprint density at radius 1 is 1.30 bits per heavy atom. The van der Waals surface area contributed by atoms with Gasteiger partial charge in [0.05, 0.1) is 34.9 Å². The molecule has 0 amide bonds. The molecule has 168 valence electrons. The van der Waals surface area contributed by atoms with E-state index in [1.165, 1.54) is 24.1 Å². The zero-order chi connectivity index (χ0) is 23.4. The predicted octanol–water partition coefficient (Wildman–Crippen LogP) is 5.23. The smallest absolute Gasteiger partial charge is 0.284 e. The molecule has 10 nitrogen and oxygen atoms in total. The average molecular weight is 486 g/mol. The lowest BCUT2D eigenvalue weighted by Crippen LogP contribution is -2.04. The summed E-state index contributed by atoms with van der Waals surface area (Å²) in [6, 6.07) is 14.8. The molecule has 2 heterocycles. The predicted molar refractivity (Wildman–Crippen MR) is 124 cm³/mol. The van der Waals surface area contributed by atoms with Crippen LogP contribution in [0.4, 0.5) is 5.69 Å². The van der Waals surface area contributed by atoms with E-state index in [-0.39, 0.29) is 17.1 Å². The molecule has 0 saturated carbocycles.